The van der Waals surface area contributed by atoms with Gasteiger partial charge >= 0.3 is 5.69 Å². The van der Waals surface area contributed by atoms with Crippen molar-refractivity contribution in [1.82, 2.24) is 9.55 Å². The van der Waals surface area contributed by atoms with Crippen LogP contribution in [0.3, 0.4) is 0 Å². The molecular weight excluding hydrogens is 284 g/mol. The number of methoxy groups -OCH3 is 2. The molecule has 3 rings (SSSR count). The van der Waals surface area contributed by atoms with Crippen molar-refractivity contribution in [1.29, 1.82) is 0 Å². The van der Waals surface area contributed by atoms with E-state index in [1.165, 1.54) is 14.2 Å². The molecule has 22 heavy (non-hydrogen) atoms. The van der Waals surface area contributed by atoms with Gasteiger partial charge in [-0.3, -0.25) is 4.79 Å². The van der Waals surface area contributed by atoms with Gasteiger partial charge in [-0.2, -0.15) is 0 Å². The lowest BCUT2D eigenvalue weighted by Crippen LogP contribution is -2.33. The van der Waals surface area contributed by atoms with Gasteiger partial charge in [-0.25, -0.2) is 9.36 Å². The number of rotatable bonds is 3. The van der Waals surface area contributed by atoms with Crippen LogP contribution >= 0.6 is 0 Å². The van der Waals surface area contributed by atoms with Crippen molar-refractivity contribution in [3.63, 3.8) is 0 Å². The summed E-state index contributed by atoms with van der Waals surface area (Å²) in [6.07, 6.45) is 0. The third-order valence-corrected chi connectivity index (χ3v) is 3.43. The zero-order valence-corrected chi connectivity index (χ0v) is 12.1. The van der Waals surface area contributed by atoms with Gasteiger partial charge in [0, 0.05) is 6.07 Å². The molecule has 6 heteroatoms. The number of fused-ring (bicyclic) bond motifs is 1. The van der Waals surface area contributed by atoms with E-state index in [0.29, 0.717) is 28.1 Å². The number of hydrogen-bond donors (Lipinski definition) is 1. The predicted molar refractivity (Wildman–Crippen MR) is 83.3 cm³/mol. The average Bonchev–Trinajstić information content (AvgIpc) is 2.54. The Morgan fingerprint density at radius 1 is 0.955 bits per heavy atom. The number of ether oxygens (including phenoxy) is 2. The molecule has 1 heterocycles. The molecule has 0 amide bonds. The van der Waals surface area contributed by atoms with Crippen LogP contribution < -0.4 is 20.7 Å². The standard InChI is InChI=1S/C16H14N2O4/c1-21-13-8-7-10(9-14(13)22-2)18-15(19)11-5-3-4-6-12(11)17-16(18)20/h3-9H,1-2H3,(H,17,20). The Kier molecular flexibility index (Phi) is 3.42. The minimum atomic E-state index is -0.504. The Labute approximate surface area is 125 Å². The van der Waals surface area contributed by atoms with Crippen molar-refractivity contribution in [2.24, 2.45) is 0 Å². The quantitative estimate of drug-likeness (QED) is 0.798. The summed E-state index contributed by atoms with van der Waals surface area (Å²) in [4.78, 5) is 27.5. The van der Waals surface area contributed by atoms with Gasteiger partial charge in [0.25, 0.3) is 5.56 Å². The Morgan fingerprint density at radius 3 is 2.41 bits per heavy atom. The fourth-order valence-electron chi connectivity index (χ4n) is 2.36. The van der Waals surface area contributed by atoms with E-state index in [4.69, 9.17) is 9.47 Å². The number of para-hydroxylation sites is 1. The van der Waals surface area contributed by atoms with Gasteiger partial charge in [-0.15, -0.1) is 0 Å². The molecule has 3 aromatic rings. The molecule has 0 fully saturated rings. The van der Waals surface area contributed by atoms with Crippen LogP contribution in [0.1, 0.15) is 0 Å². The summed E-state index contributed by atoms with van der Waals surface area (Å²) in [5, 5.41) is 0.442. The van der Waals surface area contributed by atoms with Gasteiger partial charge in [0.15, 0.2) is 11.5 Å². The molecule has 6 nitrogen and oxygen atoms in total. The highest BCUT2D eigenvalue weighted by Crippen LogP contribution is 2.28. The van der Waals surface area contributed by atoms with E-state index in [9.17, 15) is 9.59 Å². The number of nitrogens with zero attached hydrogens (tertiary/aromatic N) is 1. The Morgan fingerprint density at radius 2 is 1.68 bits per heavy atom. The molecule has 0 aliphatic heterocycles. The van der Waals surface area contributed by atoms with Gasteiger partial charge in [-0.05, 0) is 24.3 Å². The van der Waals surface area contributed by atoms with Crippen LogP contribution in [-0.4, -0.2) is 23.8 Å². The maximum atomic E-state index is 12.6. The molecule has 112 valence electrons. The van der Waals surface area contributed by atoms with Gasteiger partial charge < -0.3 is 14.5 Å². The summed E-state index contributed by atoms with van der Waals surface area (Å²) in [5.74, 6) is 0.968. The highest BCUT2D eigenvalue weighted by atomic mass is 16.5. The van der Waals surface area contributed by atoms with Crippen LogP contribution in [0.25, 0.3) is 16.6 Å². The second-order valence-electron chi connectivity index (χ2n) is 4.66. The van der Waals surface area contributed by atoms with Crippen LogP contribution in [0, 0.1) is 0 Å². The van der Waals surface area contributed by atoms with E-state index in [1.807, 2.05) is 0 Å². The highest BCUT2D eigenvalue weighted by molar-refractivity contribution is 5.77. The zero-order valence-electron chi connectivity index (χ0n) is 12.1. The zero-order chi connectivity index (χ0) is 15.7. The fraction of sp³-hybridized carbons (Fsp3) is 0.125. The smallest absolute Gasteiger partial charge is 0.333 e. The normalized spacial score (nSPS) is 10.6. The molecule has 0 unspecified atom stereocenters. The van der Waals surface area contributed by atoms with Crippen molar-refractivity contribution < 1.29 is 9.47 Å². The molecule has 1 aromatic heterocycles. The summed E-state index contributed by atoms with van der Waals surface area (Å²) in [5.41, 5.74) is 0.0337. The fourth-order valence-corrected chi connectivity index (χ4v) is 2.36. The topological polar surface area (TPSA) is 73.3 Å². The largest absolute Gasteiger partial charge is 0.493 e. The molecule has 0 saturated heterocycles. The van der Waals surface area contributed by atoms with Crippen molar-refractivity contribution in [3.8, 4) is 17.2 Å². The molecule has 0 atom stereocenters. The molecule has 1 N–H and O–H groups in total. The SMILES string of the molecule is COc1ccc(-n2c(=O)[nH]c3ccccc3c2=O)cc1OC. The number of hydrogen-bond acceptors (Lipinski definition) is 4. The first-order valence-electron chi connectivity index (χ1n) is 6.62. The van der Waals surface area contributed by atoms with Crippen molar-refractivity contribution in [2.75, 3.05) is 14.2 Å². The lowest BCUT2D eigenvalue weighted by molar-refractivity contribution is 0.355. The Balaban J connectivity index is 2.31. The minimum Gasteiger partial charge on any atom is -0.493 e. The maximum absolute atomic E-state index is 12.6. The van der Waals surface area contributed by atoms with Crippen molar-refractivity contribution in [3.05, 3.63) is 63.3 Å². The lowest BCUT2D eigenvalue weighted by atomic mass is 10.2. The van der Waals surface area contributed by atoms with Crippen molar-refractivity contribution in [2.45, 2.75) is 0 Å². The van der Waals surface area contributed by atoms with Crippen molar-refractivity contribution >= 4 is 10.9 Å². The predicted octanol–water partition coefficient (Wildman–Crippen LogP) is 1.70. The molecule has 0 aliphatic carbocycles. The number of aromatic nitrogens is 2. The first-order valence-corrected chi connectivity index (χ1v) is 6.62. The lowest BCUT2D eigenvalue weighted by Gasteiger charge is -2.11. The van der Waals surface area contributed by atoms with Gasteiger partial charge in [0.05, 0.1) is 30.8 Å². The third kappa shape index (κ3) is 2.14. The number of nitrogens with one attached hydrogen (secondary N) is 1. The highest BCUT2D eigenvalue weighted by Gasteiger charge is 2.12. The summed E-state index contributed by atoms with van der Waals surface area (Å²) in [6, 6.07) is 11.7. The minimum absolute atomic E-state index is 0.383. The first-order chi connectivity index (χ1) is 10.7. The van der Waals surface area contributed by atoms with Crippen LogP contribution in [0.4, 0.5) is 0 Å². The molecule has 0 radical (unpaired) electrons. The maximum Gasteiger partial charge on any atom is 0.333 e. The Hall–Kier alpha value is -3.02. The van der Waals surface area contributed by atoms with E-state index in [2.05, 4.69) is 4.98 Å². The van der Waals surface area contributed by atoms with Crippen LogP contribution in [0.2, 0.25) is 0 Å². The van der Waals surface area contributed by atoms with Gasteiger partial charge in [-0.1, -0.05) is 12.1 Å². The average molecular weight is 298 g/mol. The van der Waals surface area contributed by atoms with Gasteiger partial charge in [0.1, 0.15) is 0 Å². The molecular formula is C16H14N2O4. The molecule has 0 bridgehead atoms. The van der Waals surface area contributed by atoms with Gasteiger partial charge in [0.2, 0.25) is 0 Å². The molecule has 0 aliphatic rings. The monoisotopic (exact) mass is 298 g/mol. The van der Waals surface area contributed by atoms with E-state index in [1.54, 1.807) is 42.5 Å². The van der Waals surface area contributed by atoms with E-state index >= 15 is 0 Å². The van der Waals surface area contributed by atoms with E-state index in [0.717, 1.165) is 4.57 Å². The van der Waals surface area contributed by atoms with Crippen LogP contribution in [-0.2, 0) is 0 Å². The molecule has 0 saturated carbocycles. The van der Waals surface area contributed by atoms with Crippen LogP contribution in [0.15, 0.2) is 52.1 Å². The first kappa shape index (κ1) is 13.9. The summed E-state index contributed by atoms with van der Waals surface area (Å²) < 4.78 is 11.4. The summed E-state index contributed by atoms with van der Waals surface area (Å²) in [7, 11) is 3.02. The number of benzene rings is 2. The Bertz CT molecular complexity index is 956. The second-order valence-corrected chi connectivity index (χ2v) is 4.66. The van der Waals surface area contributed by atoms with E-state index in [-0.39, 0.29) is 5.56 Å². The number of aromatic amines is 1. The summed E-state index contributed by atoms with van der Waals surface area (Å²) >= 11 is 0. The van der Waals surface area contributed by atoms with Crippen LogP contribution in [0.5, 0.6) is 11.5 Å². The summed E-state index contributed by atoms with van der Waals surface area (Å²) in [6.45, 7) is 0. The third-order valence-electron chi connectivity index (χ3n) is 3.43. The second kappa shape index (κ2) is 5.40. The number of H-pyrrole nitrogens is 1. The van der Waals surface area contributed by atoms with E-state index < -0.39 is 5.69 Å². The molecule has 2 aromatic carbocycles. The molecule has 0 spiro atoms.